The van der Waals surface area contributed by atoms with E-state index in [-0.39, 0.29) is 6.61 Å². The maximum Gasteiger partial charge on any atom is 0.407 e. The molecule has 0 saturated carbocycles. The van der Waals surface area contributed by atoms with E-state index in [1.54, 1.807) is 6.92 Å². The molecule has 1 amide bonds. The Balaban J connectivity index is 2.39. The lowest BCUT2D eigenvalue weighted by atomic mass is 10.1. The highest BCUT2D eigenvalue weighted by Crippen LogP contribution is 2.05. The summed E-state index contributed by atoms with van der Waals surface area (Å²) in [6.07, 6.45) is 1.01. The number of isocyanates is 1. The quantitative estimate of drug-likeness (QED) is 0.485. The van der Waals surface area contributed by atoms with Gasteiger partial charge in [0, 0.05) is 6.54 Å². The molecule has 1 rings (SSSR count). The van der Waals surface area contributed by atoms with Crippen LogP contribution in [0.1, 0.15) is 18.1 Å². The Morgan fingerprint density at radius 2 is 2.00 bits per heavy atom. The van der Waals surface area contributed by atoms with Gasteiger partial charge in [0.25, 0.3) is 0 Å². The fraction of sp³-hybridized carbons (Fsp3) is 0.286. The van der Waals surface area contributed by atoms with Gasteiger partial charge in [-0.1, -0.05) is 30.8 Å². The number of ether oxygens (including phenoxy) is 1. The number of alkyl carbamates (subject to hydrolysis) is 1. The van der Waals surface area contributed by atoms with Crippen molar-refractivity contribution in [2.45, 2.75) is 20.0 Å². The minimum atomic E-state index is -0.474. The average molecular weight is 260 g/mol. The molecule has 0 spiro atoms. The Hall–Kier alpha value is -2.39. The zero-order valence-corrected chi connectivity index (χ0v) is 10.8. The first-order valence-corrected chi connectivity index (χ1v) is 5.78. The molecule has 0 aliphatic heterocycles. The van der Waals surface area contributed by atoms with E-state index in [4.69, 9.17) is 4.74 Å². The lowest BCUT2D eigenvalue weighted by Crippen LogP contribution is -2.24. The Morgan fingerprint density at radius 3 is 2.58 bits per heavy atom. The van der Waals surface area contributed by atoms with E-state index in [9.17, 15) is 9.59 Å². The molecule has 0 unspecified atom stereocenters. The number of benzene rings is 1. The van der Waals surface area contributed by atoms with Crippen LogP contribution in [0.5, 0.6) is 0 Å². The summed E-state index contributed by atoms with van der Waals surface area (Å²) in [5, 5.41) is 2.63. The van der Waals surface area contributed by atoms with E-state index in [1.807, 2.05) is 24.3 Å². The summed E-state index contributed by atoms with van der Waals surface area (Å²) in [4.78, 5) is 24.8. The highest BCUT2D eigenvalue weighted by atomic mass is 16.5. The number of hydrogen-bond acceptors (Lipinski definition) is 4. The predicted octanol–water partition coefficient (Wildman–Crippen LogP) is 2.32. The van der Waals surface area contributed by atoms with Crippen LogP contribution in [0.15, 0.2) is 41.4 Å². The number of rotatable bonds is 6. The Bertz CT molecular complexity index is 488. The van der Waals surface area contributed by atoms with Crippen LogP contribution in [-0.2, 0) is 22.6 Å². The van der Waals surface area contributed by atoms with E-state index in [0.29, 0.717) is 13.1 Å². The van der Waals surface area contributed by atoms with Gasteiger partial charge in [0.15, 0.2) is 0 Å². The third-order valence-corrected chi connectivity index (χ3v) is 2.24. The standard InChI is InChI=1S/C14H16N2O3/c1-11(2)9-19-14(18)16-8-13-5-3-12(4-6-13)7-15-10-17/h3-6H,1,7-9H2,2H3,(H,16,18). The molecule has 100 valence electrons. The van der Waals surface area contributed by atoms with Crippen LogP contribution in [0.25, 0.3) is 0 Å². The third kappa shape index (κ3) is 6.19. The van der Waals surface area contributed by atoms with Crippen molar-refractivity contribution in [2.24, 2.45) is 4.99 Å². The maximum atomic E-state index is 11.3. The molecule has 0 bridgehead atoms. The van der Waals surface area contributed by atoms with E-state index in [2.05, 4.69) is 16.9 Å². The van der Waals surface area contributed by atoms with Crippen molar-refractivity contribution >= 4 is 12.2 Å². The number of aliphatic imine (C=N–C) groups is 1. The van der Waals surface area contributed by atoms with Gasteiger partial charge in [-0.25, -0.2) is 14.6 Å². The Kier molecular flexibility index (Phi) is 6.06. The first kappa shape index (κ1) is 14.7. The summed E-state index contributed by atoms with van der Waals surface area (Å²) < 4.78 is 4.89. The monoisotopic (exact) mass is 260 g/mol. The molecule has 0 aliphatic rings. The Labute approximate surface area is 112 Å². The average Bonchev–Trinajstić information content (AvgIpc) is 2.41. The first-order valence-electron chi connectivity index (χ1n) is 5.78. The summed E-state index contributed by atoms with van der Waals surface area (Å²) in [6, 6.07) is 7.40. The fourth-order valence-corrected chi connectivity index (χ4v) is 1.30. The number of nitrogens with one attached hydrogen (secondary N) is 1. The molecule has 1 N–H and O–H groups in total. The normalized spacial score (nSPS) is 9.32. The molecule has 0 aromatic heterocycles. The van der Waals surface area contributed by atoms with Crippen molar-refractivity contribution in [3.63, 3.8) is 0 Å². The van der Waals surface area contributed by atoms with Crippen LogP contribution in [0.4, 0.5) is 4.79 Å². The molecule has 0 atom stereocenters. The molecule has 5 heteroatoms. The van der Waals surface area contributed by atoms with Gasteiger partial charge in [0.1, 0.15) is 6.61 Å². The topological polar surface area (TPSA) is 67.8 Å². The van der Waals surface area contributed by atoms with Crippen LogP contribution in [0, 0.1) is 0 Å². The second-order valence-corrected chi connectivity index (χ2v) is 4.11. The largest absolute Gasteiger partial charge is 0.445 e. The molecular formula is C14H16N2O3. The van der Waals surface area contributed by atoms with Gasteiger partial charge in [0.2, 0.25) is 6.08 Å². The molecular weight excluding hydrogens is 244 g/mol. The van der Waals surface area contributed by atoms with Crippen molar-refractivity contribution in [1.82, 2.24) is 5.32 Å². The molecule has 0 fully saturated rings. The summed E-state index contributed by atoms with van der Waals surface area (Å²) in [7, 11) is 0. The number of hydrogen-bond donors (Lipinski definition) is 1. The van der Waals surface area contributed by atoms with Gasteiger partial charge in [-0.3, -0.25) is 0 Å². The van der Waals surface area contributed by atoms with Crippen LogP contribution in [0.2, 0.25) is 0 Å². The van der Waals surface area contributed by atoms with Crippen molar-refractivity contribution in [2.75, 3.05) is 6.61 Å². The SMILES string of the molecule is C=C(C)COC(=O)NCc1ccc(CN=C=O)cc1. The molecule has 1 aromatic rings. The van der Waals surface area contributed by atoms with Gasteiger partial charge in [0.05, 0.1) is 6.54 Å². The summed E-state index contributed by atoms with van der Waals surface area (Å²) in [5.74, 6) is 0. The summed E-state index contributed by atoms with van der Waals surface area (Å²) >= 11 is 0. The zero-order valence-electron chi connectivity index (χ0n) is 10.8. The summed E-state index contributed by atoms with van der Waals surface area (Å²) in [5.41, 5.74) is 2.64. The molecule has 0 aliphatic carbocycles. The lowest BCUT2D eigenvalue weighted by molar-refractivity contribution is 0.155. The highest BCUT2D eigenvalue weighted by molar-refractivity contribution is 5.67. The summed E-state index contributed by atoms with van der Waals surface area (Å²) in [6.45, 7) is 6.34. The van der Waals surface area contributed by atoms with E-state index in [1.165, 1.54) is 6.08 Å². The van der Waals surface area contributed by atoms with Gasteiger partial charge >= 0.3 is 6.09 Å². The second-order valence-electron chi connectivity index (χ2n) is 4.11. The van der Waals surface area contributed by atoms with Crippen LogP contribution in [0.3, 0.4) is 0 Å². The van der Waals surface area contributed by atoms with Gasteiger partial charge in [-0.15, -0.1) is 0 Å². The number of carbonyl (C=O) groups excluding carboxylic acids is 2. The number of carbonyl (C=O) groups is 1. The maximum absolute atomic E-state index is 11.3. The van der Waals surface area contributed by atoms with Gasteiger partial charge in [-0.2, -0.15) is 0 Å². The smallest absolute Gasteiger partial charge is 0.407 e. The fourth-order valence-electron chi connectivity index (χ4n) is 1.30. The minimum absolute atomic E-state index is 0.217. The van der Waals surface area contributed by atoms with Crippen LogP contribution < -0.4 is 5.32 Å². The molecule has 0 radical (unpaired) electrons. The minimum Gasteiger partial charge on any atom is -0.445 e. The van der Waals surface area contributed by atoms with Crippen LogP contribution in [-0.4, -0.2) is 18.8 Å². The van der Waals surface area contributed by atoms with Crippen molar-refractivity contribution in [3.8, 4) is 0 Å². The lowest BCUT2D eigenvalue weighted by Gasteiger charge is -2.07. The van der Waals surface area contributed by atoms with E-state index in [0.717, 1.165) is 16.7 Å². The zero-order chi connectivity index (χ0) is 14.1. The highest BCUT2D eigenvalue weighted by Gasteiger charge is 2.01. The van der Waals surface area contributed by atoms with Crippen molar-refractivity contribution < 1.29 is 14.3 Å². The first-order chi connectivity index (χ1) is 9.11. The predicted molar refractivity (Wildman–Crippen MR) is 71.3 cm³/mol. The number of amides is 1. The van der Waals surface area contributed by atoms with E-state index >= 15 is 0 Å². The molecule has 19 heavy (non-hydrogen) atoms. The second kappa shape index (κ2) is 7.84. The van der Waals surface area contributed by atoms with E-state index < -0.39 is 6.09 Å². The molecule has 0 heterocycles. The molecule has 1 aromatic carbocycles. The van der Waals surface area contributed by atoms with Crippen molar-refractivity contribution in [1.29, 1.82) is 0 Å². The third-order valence-electron chi connectivity index (χ3n) is 2.24. The number of nitrogens with zero attached hydrogens (tertiary/aromatic N) is 1. The van der Waals surface area contributed by atoms with Gasteiger partial charge in [-0.05, 0) is 23.6 Å². The van der Waals surface area contributed by atoms with Gasteiger partial charge < -0.3 is 10.1 Å². The van der Waals surface area contributed by atoms with Crippen molar-refractivity contribution in [3.05, 3.63) is 47.5 Å². The van der Waals surface area contributed by atoms with Crippen LogP contribution >= 0.6 is 0 Å². The molecule has 0 saturated heterocycles. The molecule has 5 nitrogen and oxygen atoms in total. The Morgan fingerprint density at radius 1 is 1.37 bits per heavy atom.